The summed E-state index contributed by atoms with van der Waals surface area (Å²) in [6.07, 6.45) is 6.35. The predicted octanol–water partition coefficient (Wildman–Crippen LogP) is 3.34. The van der Waals surface area contributed by atoms with Gasteiger partial charge in [-0.2, -0.15) is 0 Å². The van der Waals surface area contributed by atoms with Gasteiger partial charge in [-0.15, -0.1) is 0 Å². The second-order valence-electron chi connectivity index (χ2n) is 4.82. The summed E-state index contributed by atoms with van der Waals surface area (Å²) < 4.78 is 7.53. The van der Waals surface area contributed by atoms with Crippen molar-refractivity contribution in [2.75, 3.05) is 7.11 Å². The van der Waals surface area contributed by atoms with Crippen LogP contribution >= 0.6 is 0 Å². The molecule has 0 aliphatic heterocycles. The SMILES string of the molecule is CCCC(N)c1ccn(Cc2ccccc2OC)c1. The Morgan fingerprint density at radius 1 is 1.26 bits per heavy atom. The number of hydrogen-bond acceptors (Lipinski definition) is 2. The molecule has 1 aromatic carbocycles. The van der Waals surface area contributed by atoms with Crippen LogP contribution in [0.15, 0.2) is 42.7 Å². The summed E-state index contributed by atoms with van der Waals surface area (Å²) in [5, 5.41) is 0. The van der Waals surface area contributed by atoms with Crippen LogP contribution in [0.2, 0.25) is 0 Å². The Morgan fingerprint density at radius 2 is 2.05 bits per heavy atom. The first-order valence-electron chi connectivity index (χ1n) is 6.77. The lowest BCUT2D eigenvalue weighted by atomic mass is 10.1. The average molecular weight is 258 g/mol. The fourth-order valence-electron chi connectivity index (χ4n) is 2.28. The Kier molecular flexibility index (Phi) is 4.63. The molecule has 0 bridgehead atoms. The summed E-state index contributed by atoms with van der Waals surface area (Å²) in [5.74, 6) is 0.926. The topological polar surface area (TPSA) is 40.2 Å². The second-order valence-corrected chi connectivity index (χ2v) is 4.82. The van der Waals surface area contributed by atoms with Crippen molar-refractivity contribution in [1.82, 2.24) is 4.57 Å². The molecule has 0 aliphatic rings. The number of aromatic nitrogens is 1. The standard InChI is InChI=1S/C16H22N2O/c1-3-6-15(17)13-9-10-18(11-13)12-14-7-4-5-8-16(14)19-2/h4-5,7-11,15H,3,6,12,17H2,1-2H3. The highest BCUT2D eigenvalue weighted by atomic mass is 16.5. The van der Waals surface area contributed by atoms with Gasteiger partial charge in [0.05, 0.1) is 13.7 Å². The first-order chi connectivity index (χ1) is 9.24. The fourth-order valence-corrected chi connectivity index (χ4v) is 2.28. The molecule has 0 fully saturated rings. The van der Waals surface area contributed by atoms with Crippen LogP contribution < -0.4 is 10.5 Å². The third-order valence-electron chi connectivity index (χ3n) is 3.35. The number of hydrogen-bond donors (Lipinski definition) is 1. The zero-order valence-electron chi connectivity index (χ0n) is 11.7. The Labute approximate surface area is 115 Å². The molecule has 0 amide bonds. The van der Waals surface area contributed by atoms with Crippen LogP contribution in [-0.2, 0) is 6.54 Å². The largest absolute Gasteiger partial charge is 0.496 e. The van der Waals surface area contributed by atoms with Crippen molar-refractivity contribution in [3.8, 4) is 5.75 Å². The van der Waals surface area contributed by atoms with Crippen LogP contribution in [-0.4, -0.2) is 11.7 Å². The van der Waals surface area contributed by atoms with Crippen molar-refractivity contribution < 1.29 is 4.74 Å². The normalized spacial score (nSPS) is 12.4. The number of nitrogens with two attached hydrogens (primary N) is 1. The molecule has 19 heavy (non-hydrogen) atoms. The molecular weight excluding hydrogens is 236 g/mol. The first kappa shape index (κ1) is 13.7. The second kappa shape index (κ2) is 6.43. The minimum absolute atomic E-state index is 0.143. The Hall–Kier alpha value is -1.74. The van der Waals surface area contributed by atoms with E-state index in [1.807, 2.05) is 18.2 Å². The quantitative estimate of drug-likeness (QED) is 0.863. The van der Waals surface area contributed by atoms with Gasteiger partial charge < -0.3 is 15.0 Å². The van der Waals surface area contributed by atoms with Crippen LogP contribution in [0.25, 0.3) is 0 Å². The molecule has 0 radical (unpaired) electrons. The highest BCUT2D eigenvalue weighted by Crippen LogP contribution is 2.20. The van der Waals surface area contributed by atoms with E-state index in [9.17, 15) is 0 Å². The molecule has 0 saturated carbocycles. The summed E-state index contributed by atoms with van der Waals surface area (Å²) in [6.45, 7) is 2.97. The molecular formula is C16H22N2O. The molecule has 1 aromatic heterocycles. The lowest BCUT2D eigenvalue weighted by molar-refractivity contribution is 0.408. The molecule has 0 spiro atoms. The number of ether oxygens (including phenoxy) is 1. The van der Waals surface area contributed by atoms with Gasteiger partial charge in [-0.3, -0.25) is 0 Å². The minimum atomic E-state index is 0.143. The van der Waals surface area contributed by atoms with E-state index in [0.29, 0.717) is 0 Å². The van der Waals surface area contributed by atoms with Crippen LogP contribution in [0.1, 0.15) is 36.9 Å². The summed E-state index contributed by atoms with van der Waals surface area (Å²) in [5.41, 5.74) is 8.51. The zero-order chi connectivity index (χ0) is 13.7. The van der Waals surface area contributed by atoms with Gasteiger partial charge in [0.2, 0.25) is 0 Å². The predicted molar refractivity (Wildman–Crippen MR) is 78.4 cm³/mol. The molecule has 0 saturated heterocycles. The average Bonchev–Trinajstić information content (AvgIpc) is 2.88. The van der Waals surface area contributed by atoms with E-state index in [2.05, 4.69) is 36.0 Å². The van der Waals surface area contributed by atoms with Gasteiger partial charge in [0.25, 0.3) is 0 Å². The highest BCUT2D eigenvalue weighted by molar-refractivity contribution is 5.33. The number of methoxy groups -OCH3 is 1. The molecule has 2 rings (SSSR count). The van der Waals surface area contributed by atoms with Crippen molar-refractivity contribution in [3.05, 3.63) is 53.9 Å². The van der Waals surface area contributed by atoms with E-state index < -0.39 is 0 Å². The molecule has 1 heterocycles. The first-order valence-corrected chi connectivity index (χ1v) is 6.77. The summed E-state index contributed by atoms with van der Waals surface area (Å²) in [4.78, 5) is 0. The van der Waals surface area contributed by atoms with Crippen LogP contribution in [0, 0.1) is 0 Å². The number of rotatable bonds is 6. The van der Waals surface area contributed by atoms with Gasteiger partial charge in [0.15, 0.2) is 0 Å². The highest BCUT2D eigenvalue weighted by Gasteiger charge is 2.08. The summed E-state index contributed by atoms with van der Waals surface area (Å²) in [7, 11) is 1.71. The smallest absolute Gasteiger partial charge is 0.123 e. The van der Waals surface area contributed by atoms with Crippen molar-refractivity contribution >= 4 is 0 Å². The van der Waals surface area contributed by atoms with Crippen LogP contribution in [0.3, 0.4) is 0 Å². The van der Waals surface area contributed by atoms with E-state index in [-0.39, 0.29) is 6.04 Å². The lowest BCUT2D eigenvalue weighted by Crippen LogP contribution is -2.08. The number of benzene rings is 1. The van der Waals surface area contributed by atoms with Gasteiger partial charge >= 0.3 is 0 Å². The number of nitrogens with zero attached hydrogens (tertiary/aromatic N) is 1. The monoisotopic (exact) mass is 258 g/mol. The molecule has 3 heteroatoms. The van der Waals surface area contributed by atoms with Crippen LogP contribution in [0.4, 0.5) is 0 Å². The molecule has 3 nitrogen and oxygen atoms in total. The Bertz CT molecular complexity index is 519. The maximum atomic E-state index is 6.13. The molecule has 0 aliphatic carbocycles. The Morgan fingerprint density at radius 3 is 2.79 bits per heavy atom. The number of para-hydroxylation sites is 1. The maximum Gasteiger partial charge on any atom is 0.123 e. The van der Waals surface area contributed by atoms with Gasteiger partial charge in [-0.25, -0.2) is 0 Å². The van der Waals surface area contributed by atoms with E-state index >= 15 is 0 Å². The minimum Gasteiger partial charge on any atom is -0.496 e. The summed E-state index contributed by atoms with van der Waals surface area (Å²) in [6, 6.07) is 10.3. The van der Waals surface area contributed by atoms with Crippen LogP contribution in [0.5, 0.6) is 5.75 Å². The van der Waals surface area contributed by atoms with Crippen molar-refractivity contribution in [2.24, 2.45) is 5.73 Å². The van der Waals surface area contributed by atoms with E-state index in [1.54, 1.807) is 7.11 Å². The molecule has 1 atom stereocenters. The van der Waals surface area contributed by atoms with E-state index in [4.69, 9.17) is 10.5 Å². The fraction of sp³-hybridized carbons (Fsp3) is 0.375. The maximum absolute atomic E-state index is 6.13. The van der Waals surface area contributed by atoms with E-state index in [0.717, 1.165) is 25.1 Å². The molecule has 102 valence electrons. The summed E-state index contributed by atoms with van der Waals surface area (Å²) >= 11 is 0. The van der Waals surface area contributed by atoms with Gasteiger partial charge in [-0.1, -0.05) is 31.5 Å². The Balaban J connectivity index is 2.11. The zero-order valence-corrected chi connectivity index (χ0v) is 11.7. The van der Waals surface area contributed by atoms with Crippen molar-refractivity contribution in [1.29, 1.82) is 0 Å². The lowest BCUT2D eigenvalue weighted by Gasteiger charge is -2.10. The third-order valence-corrected chi connectivity index (χ3v) is 3.35. The molecule has 2 aromatic rings. The van der Waals surface area contributed by atoms with Crippen molar-refractivity contribution in [2.45, 2.75) is 32.4 Å². The third kappa shape index (κ3) is 3.38. The van der Waals surface area contributed by atoms with E-state index in [1.165, 1.54) is 11.1 Å². The van der Waals surface area contributed by atoms with Gasteiger partial charge in [0.1, 0.15) is 5.75 Å². The molecule has 2 N–H and O–H groups in total. The van der Waals surface area contributed by atoms with Gasteiger partial charge in [0, 0.05) is 24.0 Å². The van der Waals surface area contributed by atoms with Crippen molar-refractivity contribution in [3.63, 3.8) is 0 Å². The molecule has 1 unspecified atom stereocenters. The van der Waals surface area contributed by atoms with Gasteiger partial charge in [-0.05, 0) is 24.1 Å².